The van der Waals surface area contributed by atoms with Crippen LogP contribution in [0.2, 0.25) is 0 Å². The van der Waals surface area contributed by atoms with Crippen LogP contribution in [0.5, 0.6) is 0 Å². The van der Waals surface area contributed by atoms with Gasteiger partial charge in [0.2, 0.25) is 10.0 Å². The number of nitrogens with one attached hydrogen (secondary N) is 1. The van der Waals surface area contributed by atoms with Crippen molar-refractivity contribution < 1.29 is 12.8 Å². The molecule has 20 heavy (non-hydrogen) atoms. The molecule has 6 heteroatoms. The van der Waals surface area contributed by atoms with E-state index < -0.39 is 15.8 Å². The summed E-state index contributed by atoms with van der Waals surface area (Å²) in [4.78, 5) is 0.164. The number of piperidine rings is 1. The number of hydrogen-bond donors (Lipinski definition) is 1. The Kier molecular flexibility index (Phi) is 4.78. The summed E-state index contributed by atoms with van der Waals surface area (Å²) in [6.45, 7) is 3.12. The summed E-state index contributed by atoms with van der Waals surface area (Å²) in [6, 6.07) is 5.31. The molecular weight excluding hydrogens is 279 g/mol. The highest BCUT2D eigenvalue weighted by atomic mass is 32.2. The molecule has 4 nitrogen and oxygen atoms in total. The van der Waals surface area contributed by atoms with E-state index in [2.05, 4.69) is 12.2 Å². The van der Waals surface area contributed by atoms with Crippen molar-refractivity contribution in [2.75, 3.05) is 20.1 Å². The molecule has 112 valence electrons. The van der Waals surface area contributed by atoms with Crippen LogP contribution in [-0.2, 0) is 10.0 Å². The highest BCUT2D eigenvalue weighted by Crippen LogP contribution is 2.25. The Bertz CT molecular complexity index is 545. The Hall–Kier alpha value is -0.980. The zero-order valence-corrected chi connectivity index (χ0v) is 12.7. The van der Waals surface area contributed by atoms with E-state index in [1.807, 2.05) is 7.05 Å². The van der Waals surface area contributed by atoms with E-state index in [0.717, 1.165) is 12.8 Å². The molecule has 2 unspecified atom stereocenters. The van der Waals surface area contributed by atoms with Crippen molar-refractivity contribution in [1.29, 1.82) is 0 Å². The first-order valence-electron chi connectivity index (χ1n) is 6.88. The second-order valence-electron chi connectivity index (χ2n) is 5.30. The number of nitrogens with zero attached hydrogens (tertiary/aromatic N) is 1. The first-order valence-corrected chi connectivity index (χ1v) is 8.32. The van der Waals surface area contributed by atoms with Crippen LogP contribution in [0.15, 0.2) is 29.2 Å². The highest BCUT2D eigenvalue weighted by Gasteiger charge is 2.31. The Morgan fingerprint density at radius 3 is 2.60 bits per heavy atom. The van der Waals surface area contributed by atoms with Crippen molar-refractivity contribution in [3.05, 3.63) is 30.1 Å². The maximum Gasteiger partial charge on any atom is 0.243 e. The van der Waals surface area contributed by atoms with Crippen molar-refractivity contribution in [2.45, 2.75) is 30.7 Å². The van der Waals surface area contributed by atoms with Gasteiger partial charge in [-0.15, -0.1) is 0 Å². The molecule has 1 aliphatic rings. The number of rotatable bonds is 4. The van der Waals surface area contributed by atoms with Gasteiger partial charge in [-0.25, -0.2) is 12.8 Å². The quantitative estimate of drug-likeness (QED) is 0.923. The molecule has 0 aromatic heterocycles. The van der Waals surface area contributed by atoms with Gasteiger partial charge in [0, 0.05) is 19.1 Å². The predicted molar refractivity (Wildman–Crippen MR) is 76.4 cm³/mol. The third-order valence-electron chi connectivity index (χ3n) is 4.03. The fourth-order valence-corrected chi connectivity index (χ4v) is 4.13. The number of sulfonamides is 1. The molecule has 2 atom stereocenters. The van der Waals surface area contributed by atoms with Gasteiger partial charge in [-0.2, -0.15) is 4.31 Å². The normalized spacial score (nSPS) is 22.6. The van der Waals surface area contributed by atoms with Gasteiger partial charge in [0.15, 0.2) is 0 Å². The summed E-state index contributed by atoms with van der Waals surface area (Å²) in [6.07, 6.45) is 1.88. The van der Waals surface area contributed by atoms with Crippen molar-refractivity contribution in [2.24, 2.45) is 5.92 Å². The molecule has 1 aromatic carbocycles. The van der Waals surface area contributed by atoms with Gasteiger partial charge in [-0.1, -0.05) is 0 Å². The van der Waals surface area contributed by atoms with Crippen LogP contribution in [0.3, 0.4) is 0 Å². The molecule has 0 bridgehead atoms. The highest BCUT2D eigenvalue weighted by molar-refractivity contribution is 7.89. The van der Waals surface area contributed by atoms with Crippen LogP contribution in [0.1, 0.15) is 19.8 Å². The topological polar surface area (TPSA) is 49.4 Å². The monoisotopic (exact) mass is 300 g/mol. The fourth-order valence-electron chi connectivity index (χ4n) is 2.59. The molecule has 1 N–H and O–H groups in total. The van der Waals surface area contributed by atoms with Gasteiger partial charge in [-0.3, -0.25) is 0 Å². The van der Waals surface area contributed by atoms with E-state index in [-0.39, 0.29) is 10.9 Å². The van der Waals surface area contributed by atoms with E-state index in [1.165, 1.54) is 28.6 Å². The van der Waals surface area contributed by atoms with Gasteiger partial charge in [0.05, 0.1) is 4.90 Å². The first-order chi connectivity index (χ1) is 9.45. The SMILES string of the molecule is CNC(C)C1CCCN(S(=O)(=O)c2ccc(F)cc2)C1. The lowest BCUT2D eigenvalue weighted by molar-refractivity contribution is 0.229. The molecule has 1 aliphatic heterocycles. The summed E-state index contributed by atoms with van der Waals surface area (Å²) >= 11 is 0. The van der Waals surface area contributed by atoms with Gasteiger partial charge in [-0.05, 0) is 57.0 Å². The van der Waals surface area contributed by atoms with Gasteiger partial charge >= 0.3 is 0 Å². The summed E-state index contributed by atoms with van der Waals surface area (Å²) in [5.74, 6) is -0.117. The third kappa shape index (κ3) is 3.19. The minimum absolute atomic E-state index is 0.164. The summed E-state index contributed by atoms with van der Waals surface area (Å²) in [5.41, 5.74) is 0. The maximum atomic E-state index is 12.9. The van der Waals surface area contributed by atoms with Crippen molar-refractivity contribution >= 4 is 10.0 Å². The van der Waals surface area contributed by atoms with Crippen LogP contribution in [-0.4, -0.2) is 38.9 Å². The Morgan fingerprint density at radius 1 is 1.35 bits per heavy atom. The second-order valence-corrected chi connectivity index (χ2v) is 7.23. The molecule has 1 aromatic rings. The Morgan fingerprint density at radius 2 is 2.00 bits per heavy atom. The summed E-state index contributed by atoms with van der Waals surface area (Å²) in [5, 5.41) is 3.18. The Balaban J connectivity index is 2.19. The second kappa shape index (κ2) is 6.20. The largest absolute Gasteiger partial charge is 0.317 e. The van der Waals surface area contributed by atoms with Crippen molar-refractivity contribution in [1.82, 2.24) is 9.62 Å². The van der Waals surface area contributed by atoms with Crippen molar-refractivity contribution in [3.8, 4) is 0 Å². The standard InChI is InChI=1S/C14H21FN2O2S/c1-11(16-2)12-4-3-9-17(10-12)20(18,19)14-7-5-13(15)6-8-14/h5-8,11-12,16H,3-4,9-10H2,1-2H3. The lowest BCUT2D eigenvalue weighted by Gasteiger charge is -2.34. The Labute approximate surface area is 120 Å². The minimum Gasteiger partial charge on any atom is -0.317 e. The number of hydrogen-bond acceptors (Lipinski definition) is 3. The minimum atomic E-state index is -3.51. The molecular formula is C14H21FN2O2S. The number of halogens is 1. The summed E-state index contributed by atoms with van der Waals surface area (Å²) < 4.78 is 39.5. The zero-order valence-electron chi connectivity index (χ0n) is 11.8. The molecule has 1 heterocycles. The smallest absolute Gasteiger partial charge is 0.243 e. The average Bonchev–Trinajstić information content (AvgIpc) is 2.47. The number of benzene rings is 1. The fraction of sp³-hybridized carbons (Fsp3) is 0.571. The molecule has 1 saturated heterocycles. The molecule has 0 amide bonds. The van der Waals surface area contributed by atoms with Crippen LogP contribution in [0, 0.1) is 11.7 Å². The van der Waals surface area contributed by atoms with Crippen LogP contribution < -0.4 is 5.32 Å². The molecule has 1 fully saturated rings. The predicted octanol–water partition coefficient (Wildman–Crippen LogP) is 1.83. The van der Waals surface area contributed by atoms with Crippen LogP contribution >= 0.6 is 0 Å². The molecule has 2 rings (SSSR count). The molecule has 0 aliphatic carbocycles. The summed E-state index contributed by atoms with van der Waals surface area (Å²) in [7, 11) is -1.63. The van der Waals surface area contributed by atoms with E-state index in [0.29, 0.717) is 19.0 Å². The van der Waals surface area contributed by atoms with E-state index in [9.17, 15) is 12.8 Å². The van der Waals surface area contributed by atoms with E-state index >= 15 is 0 Å². The zero-order chi connectivity index (χ0) is 14.8. The molecule has 0 radical (unpaired) electrons. The van der Waals surface area contributed by atoms with Gasteiger partial charge in [0.1, 0.15) is 5.82 Å². The molecule has 0 spiro atoms. The van der Waals surface area contributed by atoms with Gasteiger partial charge in [0.25, 0.3) is 0 Å². The maximum absolute atomic E-state index is 12.9. The van der Waals surface area contributed by atoms with Crippen LogP contribution in [0.25, 0.3) is 0 Å². The van der Waals surface area contributed by atoms with Crippen LogP contribution in [0.4, 0.5) is 4.39 Å². The first kappa shape index (κ1) is 15.4. The van der Waals surface area contributed by atoms with Crippen molar-refractivity contribution in [3.63, 3.8) is 0 Å². The average molecular weight is 300 g/mol. The molecule has 0 saturated carbocycles. The van der Waals surface area contributed by atoms with E-state index in [4.69, 9.17) is 0 Å². The van der Waals surface area contributed by atoms with Gasteiger partial charge < -0.3 is 5.32 Å². The lowest BCUT2D eigenvalue weighted by Crippen LogP contribution is -2.45. The van der Waals surface area contributed by atoms with E-state index in [1.54, 1.807) is 0 Å². The third-order valence-corrected chi connectivity index (χ3v) is 5.91. The lowest BCUT2D eigenvalue weighted by atomic mass is 9.93.